The van der Waals surface area contributed by atoms with Crippen molar-refractivity contribution in [3.63, 3.8) is 0 Å². The molecule has 0 atom stereocenters. The predicted molar refractivity (Wildman–Crippen MR) is 83.5 cm³/mol. The minimum Gasteiger partial charge on any atom is -0.497 e. The van der Waals surface area contributed by atoms with Gasteiger partial charge in [0.15, 0.2) is 0 Å². The second-order valence-electron chi connectivity index (χ2n) is 4.73. The highest BCUT2D eigenvalue weighted by molar-refractivity contribution is 5.91. The van der Waals surface area contributed by atoms with Crippen LogP contribution in [0.25, 0.3) is 10.9 Å². The van der Waals surface area contributed by atoms with E-state index in [1.807, 2.05) is 42.5 Å². The van der Waals surface area contributed by atoms with Crippen molar-refractivity contribution in [2.24, 2.45) is 0 Å². The number of hydrogen-bond donors (Lipinski definition) is 1. The van der Waals surface area contributed by atoms with E-state index >= 15 is 0 Å². The Kier molecular flexibility index (Phi) is 3.60. The highest BCUT2D eigenvalue weighted by Crippen LogP contribution is 2.28. The van der Waals surface area contributed by atoms with E-state index in [4.69, 9.17) is 15.2 Å². The maximum atomic E-state index is 5.96. The Bertz CT molecular complexity index is 757. The van der Waals surface area contributed by atoms with Gasteiger partial charge in [-0.15, -0.1) is 0 Å². The Morgan fingerprint density at radius 1 is 1.05 bits per heavy atom. The average molecular weight is 280 g/mol. The lowest BCUT2D eigenvalue weighted by molar-refractivity contribution is 0.305. The van der Waals surface area contributed by atoms with E-state index in [0.29, 0.717) is 23.8 Å². The van der Waals surface area contributed by atoms with Crippen LogP contribution in [0.5, 0.6) is 11.5 Å². The van der Waals surface area contributed by atoms with Crippen molar-refractivity contribution in [1.82, 2.24) is 4.98 Å². The molecule has 0 saturated heterocycles. The number of nitrogens with zero attached hydrogens (tertiary/aromatic N) is 1. The predicted octanol–water partition coefficient (Wildman–Crippen LogP) is 3.40. The van der Waals surface area contributed by atoms with Crippen LogP contribution in [0.1, 0.15) is 5.56 Å². The van der Waals surface area contributed by atoms with Crippen molar-refractivity contribution in [2.45, 2.75) is 6.61 Å². The van der Waals surface area contributed by atoms with Gasteiger partial charge >= 0.3 is 0 Å². The van der Waals surface area contributed by atoms with Crippen LogP contribution in [0.15, 0.2) is 54.7 Å². The normalized spacial score (nSPS) is 10.5. The van der Waals surface area contributed by atoms with E-state index in [1.54, 1.807) is 19.4 Å². The SMILES string of the molecule is COc1cc(N)c2ncc(OCc3ccccc3)cc2c1. The van der Waals surface area contributed by atoms with Gasteiger partial charge in [0, 0.05) is 11.5 Å². The van der Waals surface area contributed by atoms with E-state index in [0.717, 1.165) is 16.5 Å². The van der Waals surface area contributed by atoms with Crippen LogP contribution in [0, 0.1) is 0 Å². The number of benzene rings is 2. The van der Waals surface area contributed by atoms with Crippen molar-refractivity contribution in [3.05, 3.63) is 60.3 Å². The summed E-state index contributed by atoms with van der Waals surface area (Å²) in [6.45, 7) is 0.507. The maximum absolute atomic E-state index is 5.96. The van der Waals surface area contributed by atoms with Crippen LogP contribution >= 0.6 is 0 Å². The molecule has 3 rings (SSSR count). The lowest BCUT2D eigenvalue weighted by atomic mass is 10.2. The molecule has 1 heterocycles. The van der Waals surface area contributed by atoms with Crippen molar-refractivity contribution in [2.75, 3.05) is 12.8 Å². The summed E-state index contributed by atoms with van der Waals surface area (Å²) in [6.07, 6.45) is 1.69. The van der Waals surface area contributed by atoms with Crippen LogP contribution < -0.4 is 15.2 Å². The van der Waals surface area contributed by atoms with Gasteiger partial charge in [0.25, 0.3) is 0 Å². The van der Waals surface area contributed by atoms with E-state index in [1.165, 1.54) is 0 Å². The molecule has 0 fully saturated rings. The number of nitrogens with two attached hydrogens (primary N) is 1. The van der Waals surface area contributed by atoms with Crippen molar-refractivity contribution in [3.8, 4) is 11.5 Å². The fraction of sp³-hybridized carbons (Fsp3) is 0.118. The quantitative estimate of drug-likeness (QED) is 0.744. The summed E-state index contributed by atoms with van der Waals surface area (Å²) in [7, 11) is 1.61. The number of anilines is 1. The lowest BCUT2D eigenvalue weighted by Gasteiger charge is -2.09. The molecule has 0 bridgehead atoms. The maximum Gasteiger partial charge on any atom is 0.138 e. The zero-order chi connectivity index (χ0) is 14.7. The van der Waals surface area contributed by atoms with Gasteiger partial charge in [-0.3, -0.25) is 4.98 Å². The summed E-state index contributed by atoms with van der Waals surface area (Å²) in [6, 6.07) is 15.6. The molecule has 106 valence electrons. The van der Waals surface area contributed by atoms with Crippen molar-refractivity contribution in [1.29, 1.82) is 0 Å². The third-order valence-corrected chi connectivity index (χ3v) is 3.25. The smallest absolute Gasteiger partial charge is 0.138 e. The molecule has 2 N–H and O–H groups in total. The standard InChI is InChI=1S/C17H16N2O2/c1-20-14-7-13-8-15(10-19-17(13)16(18)9-14)21-11-12-5-3-2-4-6-12/h2-10H,11,18H2,1H3. The second-order valence-corrected chi connectivity index (χ2v) is 4.73. The third kappa shape index (κ3) is 2.89. The molecule has 0 aliphatic carbocycles. The van der Waals surface area contributed by atoms with Gasteiger partial charge in [-0.05, 0) is 17.7 Å². The Hall–Kier alpha value is -2.75. The molecule has 0 spiro atoms. The molecule has 4 heteroatoms. The minimum atomic E-state index is 0.507. The van der Waals surface area contributed by atoms with E-state index in [2.05, 4.69) is 4.98 Å². The first-order valence-electron chi connectivity index (χ1n) is 6.66. The number of nitrogen functional groups attached to an aromatic ring is 1. The molecule has 0 radical (unpaired) electrons. The summed E-state index contributed by atoms with van der Waals surface area (Å²) >= 11 is 0. The van der Waals surface area contributed by atoms with Gasteiger partial charge in [-0.1, -0.05) is 30.3 Å². The number of methoxy groups -OCH3 is 1. The number of pyridine rings is 1. The highest BCUT2D eigenvalue weighted by atomic mass is 16.5. The van der Waals surface area contributed by atoms with Crippen LogP contribution in [0.4, 0.5) is 5.69 Å². The first-order chi connectivity index (χ1) is 10.3. The van der Waals surface area contributed by atoms with Gasteiger partial charge in [0.1, 0.15) is 18.1 Å². The van der Waals surface area contributed by atoms with Gasteiger partial charge in [-0.25, -0.2) is 0 Å². The monoisotopic (exact) mass is 280 g/mol. The zero-order valence-corrected chi connectivity index (χ0v) is 11.7. The summed E-state index contributed by atoms with van der Waals surface area (Å²) in [5.41, 5.74) is 8.43. The lowest BCUT2D eigenvalue weighted by Crippen LogP contribution is -1.97. The fourth-order valence-electron chi connectivity index (χ4n) is 2.17. The molecule has 0 amide bonds. The van der Waals surface area contributed by atoms with Gasteiger partial charge in [-0.2, -0.15) is 0 Å². The fourth-order valence-corrected chi connectivity index (χ4v) is 2.17. The number of aromatic nitrogens is 1. The zero-order valence-electron chi connectivity index (χ0n) is 11.7. The topological polar surface area (TPSA) is 57.4 Å². The summed E-state index contributed by atoms with van der Waals surface area (Å²) < 4.78 is 11.0. The molecule has 2 aromatic carbocycles. The van der Waals surface area contributed by atoms with Crippen LogP contribution in [-0.2, 0) is 6.61 Å². The molecule has 0 unspecified atom stereocenters. The molecule has 0 aliphatic rings. The molecule has 1 aromatic heterocycles. The molecular weight excluding hydrogens is 264 g/mol. The first kappa shape index (κ1) is 13.2. The molecule has 0 saturated carbocycles. The summed E-state index contributed by atoms with van der Waals surface area (Å²) in [5, 5.41) is 0.900. The number of hydrogen-bond acceptors (Lipinski definition) is 4. The van der Waals surface area contributed by atoms with Gasteiger partial charge in [0.05, 0.1) is 24.5 Å². The molecule has 21 heavy (non-hydrogen) atoms. The van der Waals surface area contributed by atoms with E-state index < -0.39 is 0 Å². The van der Waals surface area contributed by atoms with Gasteiger partial charge in [0.2, 0.25) is 0 Å². The Morgan fingerprint density at radius 2 is 1.81 bits per heavy atom. The number of fused-ring (bicyclic) bond motifs is 1. The second kappa shape index (κ2) is 5.71. The first-order valence-corrected chi connectivity index (χ1v) is 6.66. The number of rotatable bonds is 4. The van der Waals surface area contributed by atoms with Crippen molar-refractivity contribution < 1.29 is 9.47 Å². The van der Waals surface area contributed by atoms with Crippen LogP contribution in [0.3, 0.4) is 0 Å². The minimum absolute atomic E-state index is 0.507. The van der Waals surface area contributed by atoms with Gasteiger partial charge < -0.3 is 15.2 Å². The molecular formula is C17H16N2O2. The highest BCUT2D eigenvalue weighted by Gasteiger charge is 2.05. The Balaban J connectivity index is 1.86. The summed E-state index contributed by atoms with van der Waals surface area (Å²) in [5.74, 6) is 1.42. The average Bonchev–Trinajstić information content (AvgIpc) is 2.53. The molecule has 0 aliphatic heterocycles. The summed E-state index contributed by atoms with van der Waals surface area (Å²) in [4.78, 5) is 4.36. The largest absolute Gasteiger partial charge is 0.497 e. The molecule has 4 nitrogen and oxygen atoms in total. The van der Waals surface area contributed by atoms with E-state index in [9.17, 15) is 0 Å². The Labute approximate surface area is 123 Å². The van der Waals surface area contributed by atoms with Crippen LogP contribution in [0.2, 0.25) is 0 Å². The third-order valence-electron chi connectivity index (χ3n) is 3.25. The van der Waals surface area contributed by atoms with E-state index in [-0.39, 0.29) is 0 Å². The van der Waals surface area contributed by atoms with Crippen LogP contribution in [-0.4, -0.2) is 12.1 Å². The Morgan fingerprint density at radius 3 is 2.57 bits per heavy atom. The number of ether oxygens (including phenoxy) is 2. The van der Waals surface area contributed by atoms with Crippen molar-refractivity contribution >= 4 is 16.6 Å². The molecule has 3 aromatic rings.